The van der Waals surface area contributed by atoms with Gasteiger partial charge in [0, 0.05) is 11.6 Å². The fourth-order valence-corrected chi connectivity index (χ4v) is 4.65. The van der Waals surface area contributed by atoms with E-state index in [4.69, 9.17) is 9.47 Å². The number of aliphatic hydroxyl groups is 1. The molecule has 1 saturated carbocycles. The van der Waals surface area contributed by atoms with Crippen LogP contribution < -0.4 is 9.47 Å². The maximum atomic E-state index is 13.2. The molecule has 1 saturated heterocycles. The van der Waals surface area contributed by atoms with Crippen molar-refractivity contribution >= 4 is 17.4 Å². The maximum Gasteiger partial charge on any atom is 0.295 e. The van der Waals surface area contributed by atoms with Gasteiger partial charge in [0.15, 0.2) is 0 Å². The van der Waals surface area contributed by atoms with Gasteiger partial charge in [0.1, 0.15) is 17.3 Å². The summed E-state index contributed by atoms with van der Waals surface area (Å²) >= 11 is 0. The van der Waals surface area contributed by atoms with E-state index in [1.165, 1.54) is 0 Å². The highest BCUT2D eigenvalue weighted by molar-refractivity contribution is 6.46. The average Bonchev–Trinajstić information content (AvgIpc) is 3.44. The van der Waals surface area contributed by atoms with Gasteiger partial charge in [-0.05, 0) is 60.7 Å². The van der Waals surface area contributed by atoms with Crippen molar-refractivity contribution in [2.75, 3.05) is 13.7 Å². The number of likely N-dealkylation sites (tertiary alicyclic amines) is 1. The molecule has 4 rings (SSSR count). The Morgan fingerprint density at radius 3 is 2.18 bits per heavy atom. The van der Waals surface area contributed by atoms with Crippen molar-refractivity contribution in [3.05, 3.63) is 65.2 Å². The lowest BCUT2D eigenvalue weighted by Gasteiger charge is -2.30. The number of amides is 1. The third kappa shape index (κ3) is 4.61. The first-order valence-electron chi connectivity index (χ1n) is 11.6. The zero-order valence-corrected chi connectivity index (χ0v) is 19.4. The van der Waals surface area contributed by atoms with Crippen LogP contribution in [0.4, 0.5) is 0 Å². The molecule has 174 valence electrons. The van der Waals surface area contributed by atoms with Crippen molar-refractivity contribution < 1.29 is 24.2 Å². The number of methoxy groups -OCH3 is 1. The van der Waals surface area contributed by atoms with Crippen LogP contribution in [-0.4, -0.2) is 41.5 Å². The topological polar surface area (TPSA) is 76.1 Å². The predicted octanol–water partition coefficient (Wildman–Crippen LogP) is 5.09. The number of aliphatic hydroxyl groups excluding tert-OH is 1. The summed E-state index contributed by atoms with van der Waals surface area (Å²) in [7, 11) is 1.59. The smallest absolute Gasteiger partial charge is 0.295 e. The lowest BCUT2D eigenvalue weighted by molar-refractivity contribution is -0.141. The lowest BCUT2D eigenvalue weighted by atomic mass is 9.94. The quantitative estimate of drug-likeness (QED) is 0.362. The highest BCUT2D eigenvalue weighted by atomic mass is 16.5. The molecule has 33 heavy (non-hydrogen) atoms. The Bertz CT molecular complexity index is 1030. The number of hydrogen-bond acceptors (Lipinski definition) is 5. The van der Waals surface area contributed by atoms with Gasteiger partial charge in [-0.15, -0.1) is 0 Å². The second-order valence-electron chi connectivity index (χ2n) is 9.15. The van der Waals surface area contributed by atoms with Gasteiger partial charge in [-0.25, -0.2) is 0 Å². The Balaban J connectivity index is 1.75. The van der Waals surface area contributed by atoms with Crippen molar-refractivity contribution in [1.29, 1.82) is 0 Å². The first-order chi connectivity index (χ1) is 15.9. The van der Waals surface area contributed by atoms with E-state index in [0.717, 1.165) is 31.2 Å². The largest absolute Gasteiger partial charge is 0.507 e. The lowest BCUT2D eigenvalue weighted by Crippen LogP contribution is -2.37. The molecule has 2 fully saturated rings. The van der Waals surface area contributed by atoms with Crippen molar-refractivity contribution in [3.63, 3.8) is 0 Å². The number of benzene rings is 2. The summed E-state index contributed by atoms with van der Waals surface area (Å²) in [5, 5.41) is 11.2. The Morgan fingerprint density at radius 1 is 1.00 bits per heavy atom. The standard InChI is InChI=1S/C27H31NO5/c1-17(2)16-33-22-14-10-19(11-15-22)25(29)23-24(18-8-12-21(32-3)13-9-18)28(27(31)26(23)30)20-6-4-5-7-20/h8-15,17,20,24,29H,4-7,16H2,1-3H3/b25-23-. The number of carbonyl (C=O) groups excluding carboxylic acids is 2. The molecule has 2 aromatic carbocycles. The van der Waals surface area contributed by atoms with Crippen LogP contribution >= 0.6 is 0 Å². The van der Waals surface area contributed by atoms with Crippen LogP contribution in [0.3, 0.4) is 0 Å². The monoisotopic (exact) mass is 449 g/mol. The minimum atomic E-state index is -0.639. The Hall–Kier alpha value is -3.28. The van der Waals surface area contributed by atoms with Crippen LogP contribution in [0.25, 0.3) is 5.76 Å². The molecule has 1 aliphatic heterocycles. The van der Waals surface area contributed by atoms with Gasteiger partial charge < -0.3 is 19.5 Å². The van der Waals surface area contributed by atoms with E-state index in [9.17, 15) is 14.7 Å². The molecule has 0 bridgehead atoms. The van der Waals surface area contributed by atoms with E-state index in [2.05, 4.69) is 13.8 Å². The SMILES string of the molecule is COc1ccc(C2/C(=C(/O)c3ccc(OCC(C)C)cc3)C(=O)C(=O)N2C2CCCC2)cc1. The fourth-order valence-electron chi connectivity index (χ4n) is 4.65. The average molecular weight is 450 g/mol. The number of Topliss-reactive ketones (excluding diaryl/α,β-unsaturated/α-hetero) is 1. The zero-order valence-electron chi connectivity index (χ0n) is 19.4. The number of ether oxygens (including phenoxy) is 2. The molecule has 1 N–H and O–H groups in total. The van der Waals surface area contributed by atoms with E-state index in [1.807, 2.05) is 24.3 Å². The summed E-state index contributed by atoms with van der Waals surface area (Å²) in [6, 6.07) is 13.7. The van der Waals surface area contributed by atoms with E-state index < -0.39 is 17.7 Å². The summed E-state index contributed by atoms with van der Waals surface area (Å²) in [5.74, 6) is 0.438. The Kier molecular flexibility index (Phi) is 6.72. The minimum absolute atomic E-state index is 0.00865. The summed E-state index contributed by atoms with van der Waals surface area (Å²) < 4.78 is 11.0. The van der Waals surface area contributed by atoms with Crippen LogP contribution in [0.5, 0.6) is 11.5 Å². The maximum absolute atomic E-state index is 13.2. The summed E-state index contributed by atoms with van der Waals surface area (Å²) in [6.45, 7) is 4.74. The van der Waals surface area contributed by atoms with Crippen molar-refractivity contribution in [2.24, 2.45) is 5.92 Å². The molecule has 2 aliphatic rings. The van der Waals surface area contributed by atoms with Gasteiger partial charge in [-0.1, -0.05) is 38.8 Å². The summed E-state index contributed by atoms with van der Waals surface area (Å²) in [6.07, 6.45) is 3.78. The summed E-state index contributed by atoms with van der Waals surface area (Å²) in [5.41, 5.74) is 1.39. The molecule has 6 heteroatoms. The van der Waals surface area contributed by atoms with Crippen LogP contribution in [0, 0.1) is 5.92 Å². The minimum Gasteiger partial charge on any atom is -0.507 e. The molecule has 1 unspecified atom stereocenters. The Labute approximate surface area is 194 Å². The van der Waals surface area contributed by atoms with E-state index in [1.54, 1.807) is 36.3 Å². The molecule has 1 atom stereocenters. The van der Waals surface area contributed by atoms with Crippen LogP contribution in [0.2, 0.25) is 0 Å². The number of carbonyl (C=O) groups is 2. The first-order valence-corrected chi connectivity index (χ1v) is 11.6. The molecule has 1 amide bonds. The van der Waals surface area contributed by atoms with Gasteiger partial charge >= 0.3 is 0 Å². The third-order valence-electron chi connectivity index (χ3n) is 6.34. The van der Waals surface area contributed by atoms with E-state index >= 15 is 0 Å². The molecule has 0 spiro atoms. The van der Waals surface area contributed by atoms with Crippen LogP contribution in [0.15, 0.2) is 54.1 Å². The van der Waals surface area contributed by atoms with Gasteiger partial charge in [0.05, 0.1) is 25.3 Å². The highest BCUT2D eigenvalue weighted by Crippen LogP contribution is 2.43. The molecule has 0 aromatic heterocycles. The second kappa shape index (κ2) is 9.69. The normalized spacial score (nSPS) is 20.6. The fraction of sp³-hybridized carbons (Fsp3) is 0.407. The van der Waals surface area contributed by atoms with Crippen LogP contribution in [-0.2, 0) is 9.59 Å². The molecular weight excluding hydrogens is 418 g/mol. The molecule has 6 nitrogen and oxygen atoms in total. The second-order valence-corrected chi connectivity index (χ2v) is 9.15. The van der Waals surface area contributed by atoms with Crippen molar-refractivity contribution in [3.8, 4) is 11.5 Å². The molecule has 2 aromatic rings. The number of ketones is 1. The molecule has 1 aliphatic carbocycles. The van der Waals surface area contributed by atoms with Crippen molar-refractivity contribution in [2.45, 2.75) is 51.6 Å². The zero-order chi connectivity index (χ0) is 23.5. The Morgan fingerprint density at radius 2 is 1.61 bits per heavy atom. The van der Waals surface area contributed by atoms with Gasteiger partial charge in [-0.3, -0.25) is 9.59 Å². The third-order valence-corrected chi connectivity index (χ3v) is 6.34. The van der Waals surface area contributed by atoms with Gasteiger partial charge in [-0.2, -0.15) is 0 Å². The number of rotatable bonds is 7. The molecule has 1 heterocycles. The van der Waals surface area contributed by atoms with Gasteiger partial charge in [0.2, 0.25) is 0 Å². The van der Waals surface area contributed by atoms with Crippen LogP contribution in [0.1, 0.15) is 56.7 Å². The number of nitrogens with zero attached hydrogens (tertiary/aromatic N) is 1. The molecule has 0 radical (unpaired) electrons. The highest BCUT2D eigenvalue weighted by Gasteiger charge is 2.49. The summed E-state index contributed by atoms with van der Waals surface area (Å²) in [4.78, 5) is 28.0. The van der Waals surface area contributed by atoms with Crippen molar-refractivity contribution in [1.82, 2.24) is 4.90 Å². The van der Waals surface area contributed by atoms with Gasteiger partial charge in [0.25, 0.3) is 11.7 Å². The first kappa shape index (κ1) is 22.9. The molecular formula is C27H31NO5. The van der Waals surface area contributed by atoms with E-state index in [0.29, 0.717) is 29.6 Å². The van der Waals surface area contributed by atoms with E-state index in [-0.39, 0.29) is 17.4 Å². The predicted molar refractivity (Wildman–Crippen MR) is 126 cm³/mol. The number of hydrogen-bond donors (Lipinski definition) is 1.